The molecule has 1 aromatic heterocycles. The van der Waals surface area contributed by atoms with Gasteiger partial charge < -0.3 is 4.74 Å². The van der Waals surface area contributed by atoms with Crippen molar-refractivity contribution in [1.29, 1.82) is 0 Å². The lowest BCUT2D eigenvalue weighted by Gasteiger charge is -2.35. The summed E-state index contributed by atoms with van der Waals surface area (Å²) < 4.78 is 9.41. The fraction of sp³-hybridized carbons (Fsp3) is 0.562. The molecule has 0 saturated carbocycles. The Morgan fingerprint density at radius 1 is 1.29 bits per heavy atom. The molecule has 1 fully saturated rings. The number of hydrogen-bond acceptors (Lipinski definition) is 3. The maximum atomic E-state index is 12.4. The maximum absolute atomic E-state index is 12.4. The largest absolute Gasteiger partial charge is 0.374 e. The zero-order valence-corrected chi connectivity index (χ0v) is 13.0. The molecule has 0 N–H and O–H groups in total. The second-order valence-corrected chi connectivity index (χ2v) is 6.02. The first-order chi connectivity index (χ1) is 10.1. The minimum Gasteiger partial charge on any atom is -0.374 e. The Balaban J connectivity index is 1.88. The number of benzene rings is 1. The zero-order valence-electron chi connectivity index (χ0n) is 13.0. The highest BCUT2D eigenvalue weighted by atomic mass is 16.5. The summed E-state index contributed by atoms with van der Waals surface area (Å²) >= 11 is 0. The number of aromatic nitrogens is 2. The molecule has 0 aliphatic carbocycles. The predicted molar refractivity (Wildman–Crippen MR) is 83.6 cm³/mol. The molecule has 2 aromatic rings. The van der Waals surface area contributed by atoms with Crippen LogP contribution in [0.4, 0.5) is 0 Å². The van der Waals surface area contributed by atoms with Crippen molar-refractivity contribution in [2.45, 2.75) is 32.5 Å². The number of fused-ring (bicyclic) bond motifs is 1. The highest BCUT2D eigenvalue weighted by molar-refractivity contribution is 5.75. The molecule has 1 unspecified atom stereocenters. The second-order valence-electron chi connectivity index (χ2n) is 6.02. The van der Waals surface area contributed by atoms with Gasteiger partial charge in [-0.15, -0.1) is 0 Å². The van der Waals surface area contributed by atoms with Gasteiger partial charge in [0.15, 0.2) is 0 Å². The van der Waals surface area contributed by atoms with Crippen molar-refractivity contribution in [3.63, 3.8) is 0 Å². The maximum Gasteiger partial charge on any atom is 0.328 e. The first-order valence-electron chi connectivity index (χ1n) is 7.58. The van der Waals surface area contributed by atoms with E-state index in [1.54, 1.807) is 4.57 Å². The van der Waals surface area contributed by atoms with Crippen LogP contribution >= 0.6 is 0 Å². The normalized spacial score (nSPS) is 20.5. The van der Waals surface area contributed by atoms with Gasteiger partial charge in [0.2, 0.25) is 0 Å². The number of nitrogens with zero attached hydrogens (tertiary/aromatic N) is 3. The summed E-state index contributed by atoms with van der Waals surface area (Å²) in [4.78, 5) is 14.8. The lowest BCUT2D eigenvalue weighted by molar-refractivity contribution is -0.0455. The van der Waals surface area contributed by atoms with Gasteiger partial charge in [-0.1, -0.05) is 12.1 Å². The molecule has 0 radical (unpaired) electrons. The molecule has 5 heteroatoms. The van der Waals surface area contributed by atoms with Crippen LogP contribution in [0.5, 0.6) is 0 Å². The highest BCUT2D eigenvalue weighted by Crippen LogP contribution is 2.15. The molecule has 114 valence electrons. The molecule has 0 amide bonds. The fourth-order valence-electron chi connectivity index (χ4n) is 3.06. The third kappa shape index (κ3) is 2.63. The molecule has 1 aliphatic heterocycles. The summed E-state index contributed by atoms with van der Waals surface area (Å²) in [5, 5.41) is 0. The van der Waals surface area contributed by atoms with Gasteiger partial charge in [-0.3, -0.25) is 14.0 Å². The van der Waals surface area contributed by atoms with Crippen LogP contribution in [-0.2, 0) is 18.3 Å². The van der Waals surface area contributed by atoms with E-state index in [4.69, 9.17) is 4.74 Å². The topological polar surface area (TPSA) is 39.4 Å². The second kappa shape index (κ2) is 5.66. The van der Waals surface area contributed by atoms with E-state index < -0.39 is 0 Å². The van der Waals surface area contributed by atoms with Gasteiger partial charge in [-0.2, -0.15) is 0 Å². The van der Waals surface area contributed by atoms with Crippen LogP contribution in [0.2, 0.25) is 0 Å². The van der Waals surface area contributed by atoms with Crippen LogP contribution < -0.4 is 5.69 Å². The number of ether oxygens (including phenoxy) is 1. The molecule has 1 atom stereocenters. The van der Waals surface area contributed by atoms with Gasteiger partial charge >= 0.3 is 5.69 Å². The molecule has 1 aliphatic rings. The molecule has 0 bridgehead atoms. The monoisotopic (exact) mass is 289 g/mol. The number of para-hydroxylation sites is 2. The Kier molecular flexibility index (Phi) is 3.87. The molecule has 3 rings (SSSR count). The molecule has 1 saturated heterocycles. The summed E-state index contributed by atoms with van der Waals surface area (Å²) in [6.07, 6.45) is 0.0738. The van der Waals surface area contributed by atoms with Crippen molar-refractivity contribution in [2.75, 3.05) is 19.7 Å². The van der Waals surface area contributed by atoms with E-state index in [2.05, 4.69) is 18.7 Å². The van der Waals surface area contributed by atoms with Crippen molar-refractivity contribution in [3.8, 4) is 0 Å². The van der Waals surface area contributed by atoms with Crippen molar-refractivity contribution in [1.82, 2.24) is 14.0 Å². The Labute approximate surface area is 124 Å². The smallest absolute Gasteiger partial charge is 0.328 e. The number of morpholine rings is 1. The van der Waals surface area contributed by atoms with Gasteiger partial charge in [0.25, 0.3) is 0 Å². The number of aryl methyl sites for hydroxylation is 1. The fourth-order valence-corrected chi connectivity index (χ4v) is 3.06. The Morgan fingerprint density at radius 2 is 2.00 bits per heavy atom. The first-order valence-corrected chi connectivity index (χ1v) is 7.58. The van der Waals surface area contributed by atoms with Gasteiger partial charge in [-0.25, -0.2) is 4.79 Å². The summed E-state index contributed by atoms with van der Waals surface area (Å²) in [5.41, 5.74) is 1.98. The van der Waals surface area contributed by atoms with Gasteiger partial charge in [-0.05, 0) is 26.0 Å². The Morgan fingerprint density at radius 3 is 2.71 bits per heavy atom. The van der Waals surface area contributed by atoms with Crippen LogP contribution in [0.15, 0.2) is 29.1 Å². The summed E-state index contributed by atoms with van der Waals surface area (Å²) in [7, 11) is 1.82. The van der Waals surface area contributed by atoms with Crippen LogP contribution in [0.3, 0.4) is 0 Å². The van der Waals surface area contributed by atoms with E-state index in [9.17, 15) is 4.79 Å². The average molecular weight is 289 g/mol. The summed E-state index contributed by atoms with van der Waals surface area (Å²) in [6.45, 7) is 7.61. The van der Waals surface area contributed by atoms with Crippen molar-refractivity contribution in [3.05, 3.63) is 34.7 Å². The van der Waals surface area contributed by atoms with Crippen LogP contribution in [-0.4, -0.2) is 45.9 Å². The zero-order chi connectivity index (χ0) is 15.0. The van der Waals surface area contributed by atoms with E-state index >= 15 is 0 Å². The molecule has 2 heterocycles. The van der Waals surface area contributed by atoms with Crippen LogP contribution in [0.1, 0.15) is 13.8 Å². The van der Waals surface area contributed by atoms with E-state index in [-0.39, 0.29) is 11.8 Å². The number of imidazole rings is 1. The SMILES string of the molecule is CC(C)N1CCOC(Cn2c(=O)n(C)c3ccccc32)C1. The molecule has 0 spiro atoms. The third-order valence-electron chi connectivity index (χ3n) is 4.34. The van der Waals surface area contributed by atoms with E-state index in [0.717, 1.165) is 30.7 Å². The first kappa shape index (κ1) is 14.4. The lowest BCUT2D eigenvalue weighted by Crippen LogP contribution is -2.47. The molecular weight excluding hydrogens is 266 g/mol. The van der Waals surface area contributed by atoms with Crippen molar-refractivity contribution < 1.29 is 4.74 Å². The minimum absolute atomic E-state index is 0.0291. The van der Waals surface area contributed by atoms with E-state index in [0.29, 0.717) is 12.6 Å². The lowest BCUT2D eigenvalue weighted by atomic mass is 10.2. The average Bonchev–Trinajstić information content (AvgIpc) is 2.73. The molecular formula is C16H23N3O2. The van der Waals surface area contributed by atoms with Crippen LogP contribution in [0, 0.1) is 0 Å². The third-order valence-corrected chi connectivity index (χ3v) is 4.34. The van der Waals surface area contributed by atoms with Crippen molar-refractivity contribution >= 4 is 11.0 Å². The number of hydrogen-bond donors (Lipinski definition) is 0. The van der Waals surface area contributed by atoms with Gasteiger partial charge in [0.05, 0.1) is 30.3 Å². The standard InChI is InChI=1S/C16H23N3O2/c1-12(2)18-8-9-21-13(10-18)11-19-15-7-5-4-6-14(15)17(3)16(19)20/h4-7,12-13H,8-11H2,1-3H3. The van der Waals surface area contributed by atoms with Crippen molar-refractivity contribution in [2.24, 2.45) is 7.05 Å². The summed E-state index contributed by atoms with van der Waals surface area (Å²) in [5.74, 6) is 0. The van der Waals surface area contributed by atoms with Crippen LogP contribution in [0.25, 0.3) is 11.0 Å². The Hall–Kier alpha value is -1.59. The number of rotatable bonds is 3. The predicted octanol–water partition coefficient (Wildman–Crippen LogP) is 1.45. The highest BCUT2D eigenvalue weighted by Gasteiger charge is 2.24. The summed E-state index contributed by atoms with van der Waals surface area (Å²) in [6, 6.07) is 8.43. The van der Waals surface area contributed by atoms with Gasteiger partial charge in [0, 0.05) is 26.2 Å². The minimum atomic E-state index is 0.0291. The molecule has 21 heavy (non-hydrogen) atoms. The molecule has 1 aromatic carbocycles. The van der Waals surface area contributed by atoms with E-state index in [1.807, 2.05) is 35.9 Å². The molecule has 5 nitrogen and oxygen atoms in total. The van der Waals surface area contributed by atoms with Gasteiger partial charge in [0.1, 0.15) is 0 Å². The quantitative estimate of drug-likeness (QED) is 0.858. The Bertz CT molecular complexity index is 686. The van der Waals surface area contributed by atoms with E-state index in [1.165, 1.54) is 0 Å².